The van der Waals surface area contributed by atoms with Crippen molar-refractivity contribution in [1.29, 1.82) is 0 Å². The van der Waals surface area contributed by atoms with Crippen LogP contribution in [0.4, 0.5) is 0 Å². The summed E-state index contributed by atoms with van der Waals surface area (Å²) >= 11 is 0. The molecule has 0 bridgehead atoms. The number of aliphatic carboxylic acids is 1. The van der Waals surface area contributed by atoms with Gasteiger partial charge in [0.2, 0.25) is 0 Å². The monoisotopic (exact) mass is 118 g/mol. The second kappa shape index (κ2) is 9.23. The maximum Gasteiger partial charge on any atom is 1.00 e. The Balaban J connectivity index is -0.0000000450. The van der Waals surface area contributed by atoms with Crippen molar-refractivity contribution in [1.82, 2.24) is 0 Å². The average Bonchev–Trinajstić information content (AvgIpc) is 0.811. The number of carbonyl (C=O) groups excluding carboxylic acids is 1. The third kappa shape index (κ3) is 117. The van der Waals surface area contributed by atoms with Crippen LogP contribution in [-0.2, 0) is 4.79 Å². The van der Waals surface area contributed by atoms with Crippen LogP contribution < -0.4 is 34.7 Å². The first kappa shape index (κ1) is 15.9. The molecule has 0 unspecified atom stereocenters. The molecule has 0 aromatic carbocycles. The molecule has 0 amide bonds. The molecule has 0 N–H and O–H groups in total. The van der Waals surface area contributed by atoms with E-state index in [0.29, 0.717) is 0 Å². The second-order valence-electron chi connectivity index (χ2n) is 0.492. The summed E-state index contributed by atoms with van der Waals surface area (Å²) in [6.45, 7) is 0.972. The molecule has 0 saturated carbocycles. The van der Waals surface area contributed by atoms with Crippen LogP contribution in [-0.4, -0.2) is 5.97 Å². The zero-order chi connectivity index (χ0) is 3.58. The molecule has 0 heterocycles. The second-order valence-corrected chi connectivity index (χ2v) is 0.492. The zero-order valence-electron chi connectivity index (χ0n) is 3.72. The Morgan fingerprint density at radius 3 is 1.67 bits per heavy atom. The molecule has 0 atom stereocenters. The van der Waals surface area contributed by atoms with Crippen molar-refractivity contribution in [2.24, 2.45) is 0 Å². The van der Waals surface area contributed by atoms with Crippen molar-refractivity contribution in [3.05, 3.63) is 0 Å². The summed E-state index contributed by atoms with van der Waals surface area (Å²) in [5.41, 5.74) is 0. The van der Waals surface area contributed by atoms with Crippen LogP contribution in [0.25, 0.3) is 0 Å². The van der Waals surface area contributed by atoms with Gasteiger partial charge >= 0.3 is 29.6 Å². The Hall–Kier alpha value is 0.760. The number of rotatable bonds is 0. The van der Waals surface area contributed by atoms with Gasteiger partial charge in [-0.25, -0.2) is 0 Å². The molecule has 0 aromatic rings. The van der Waals surface area contributed by atoms with Gasteiger partial charge in [0.1, 0.15) is 0 Å². The van der Waals surface area contributed by atoms with Crippen molar-refractivity contribution >= 4 is 18.4 Å². The number of halogens is 1. The minimum Gasteiger partial charge on any atom is -0.550 e. The number of carboxylic acids is 1. The van der Waals surface area contributed by atoms with Gasteiger partial charge in [-0.15, -0.1) is 12.4 Å². The standard InChI is InChI=1S/C2H4O2.ClH.Na/c1-2(3)4;;/h1H3,(H,3,4);1H;/q;;+1/p-1. The topological polar surface area (TPSA) is 40.1 Å². The molecule has 4 heteroatoms. The van der Waals surface area contributed by atoms with Gasteiger partial charge in [-0.3, -0.25) is 0 Å². The van der Waals surface area contributed by atoms with Crippen LogP contribution in [0.5, 0.6) is 0 Å². The largest absolute Gasteiger partial charge is 1.00 e. The van der Waals surface area contributed by atoms with Crippen molar-refractivity contribution in [3.8, 4) is 0 Å². The molecule has 0 rings (SSSR count). The zero-order valence-corrected chi connectivity index (χ0v) is 6.54. The molecule has 0 aromatic heterocycles. The van der Waals surface area contributed by atoms with E-state index in [1.54, 1.807) is 0 Å². The molecule has 0 saturated heterocycles. The SMILES string of the molecule is CC(=O)[O-].Cl.[Na+]. The van der Waals surface area contributed by atoms with Crippen LogP contribution in [0, 0.1) is 0 Å². The molecule has 0 spiro atoms. The van der Waals surface area contributed by atoms with Crippen molar-refractivity contribution in [2.75, 3.05) is 0 Å². The molecule has 0 fully saturated rings. The summed E-state index contributed by atoms with van der Waals surface area (Å²) in [7, 11) is 0. The molecule has 0 aliphatic rings. The fourth-order valence-electron chi connectivity index (χ4n) is 0. The summed E-state index contributed by atoms with van der Waals surface area (Å²) in [5.74, 6) is -1.08. The van der Waals surface area contributed by atoms with Crippen molar-refractivity contribution in [2.45, 2.75) is 6.92 Å². The molecule has 0 radical (unpaired) electrons. The van der Waals surface area contributed by atoms with Gasteiger partial charge in [-0.1, -0.05) is 0 Å². The normalized spacial score (nSPS) is 4.17. The van der Waals surface area contributed by atoms with E-state index >= 15 is 0 Å². The van der Waals surface area contributed by atoms with Gasteiger partial charge in [0.05, 0.1) is 0 Å². The first-order chi connectivity index (χ1) is 1.73. The van der Waals surface area contributed by atoms with Crippen molar-refractivity contribution < 1.29 is 39.5 Å². The Kier molecular flexibility index (Phi) is 24.4. The molecule has 0 aliphatic heterocycles. The van der Waals surface area contributed by atoms with Gasteiger partial charge in [0, 0.05) is 5.97 Å². The molecular weight excluding hydrogens is 114 g/mol. The third-order valence-corrected chi connectivity index (χ3v) is 0. The Bertz CT molecular complexity index is 34.5. The van der Waals surface area contributed by atoms with Crippen LogP contribution >= 0.6 is 12.4 Å². The van der Waals surface area contributed by atoms with Gasteiger partial charge in [0.25, 0.3) is 0 Å². The third-order valence-electron chi connectivity index (χ3n) is 0. The fraction of sp³-hybridized carbons (Fsp3) is 0.500. The maximum atomic E-state index is 8.89. The Morgan fingerprint density at radius 2 is 1.67 bits per heavy atom. The predicted molar refractivity (Wildman–Crippen MR) is 17.9 cm³/mol. The van der Waals surface area contributed by atoms with E-state index in [1.807, 2.05) is 0 Å². The molecule has 0 aliphatic carbocycles. The molecule has 2 nitrogen and oxygen atoms in total. The van der Waals surface area contributed by atoms with Crippen molar-refractivity contribution in [3.63, 3.8) is 0 Å². The number of hydrogen-bond acceptors (Lipinski definition) is 2. The molecular formula is C2H4ClNaO2. The molecule has 32 valence electrons. The number of carboxylic acid groups (broad SMARTS) is 1. The fourth-order valence-corrected chi connectivity index (χ4v) is 0. The summed E-state index contributed by atoms with van der Waals surface area (Å²) < 4.78 is 0. The van der Waals surface area contributed by atoms with E-state index in [0.717, 1.165) is 6.92 Å². The van der Waals surface area contributed by atoms with Gasteiger partial charge in [0.15, 0.2) is 0 Å². The van der Waals surface area contributed by atoms with Crippen LogP contribution in [0.2, 0.25) is 0 Å². The smallest absolute Gasteiger partial charge is 0.550 e. The van der Waals surface area contributed by atoms with Gasteiger partial charge in [-0.05, 0) is 6.92 Å². The van der Waals surface area contributed by atoms with Crippen LogP contribution in [0.3, 0.4) is 0 Å². The van der Waals surface area contributed by atoms with E-state index in [1.165, 1.54) is 0 Å². The quantitative estimate of drug-likeness (QED) is 0.306. The maximum absolute atomic E-state index is 8.89. The number of carbonyl (C=O) groups is 1. The van der Waals surface area contributed by atoms with E-state index in [-0.39, 0.29) is 42.0 Å². The van der Waals surface area contributed by atoms with Crippen LogP contribution in [0.1, 0.15) is 6.92 Å². The van der Waals surface area contributed by atoms with Gasteiger partial charge in [-0.2, -0.15) is 0 Å². The predicted octanol–water partition coefficient (Wildman–Crippen LogP) is -3.82. The van der Waals surface area contributed by atoms with E-state index in [9.17, 15) is 0 Å². The first-order valence-corrected chi connectivity index (χ1v) is 0.908. The summed E-state index contributed by atoms with van der Waals surface area (Å²) in [4.78, 5) is 8.89. The Labute approximate surface area is 64.6 Å². The summed E-state index contributed by atoms with van der Waals surface area (Å²) in [6.07, 6.45) is 0. The van der Waals surface area contributed by atoms with E-state index in [2.05, 4.69) is 0 Å². The number of hydrogen-bond donors (Lipinski definition) is 0. The van der Waals surface area contributed by atoms with Crippen LogP contribution in [0.15, 0.2) is 0 Å². The first-order valence-electron chi connectivity index (χ1n) is 0.908. The summed E-state index contributed by atoms with van der Waals surface area (Å²) in [6, 6.07) is 0. The Morgan fingerprint density at radius 1 is 1.67 bits per heavy atom. The average molecular weight is 118 g/mol. The van der Waals surface area contributed by atoms with E-state index in [4.69, 9.17) is 9.90 Å². The van der Waals surface area contributed by atoms with Gasteiger partial charge < -0.3 is 9.90 Å². The minimum absolute atomic E-state index is 0. The summed E-state index contributed by atoms with van der Waals surface area (Å²) in [5, 5.41) is 8.89. The molecule has 6 heavy (non-hydrogen) atoms. The minimum atomic E-state index is -1.08. The van der Waals surface area contributed by atoms with E-state index < -0.39 is 5.97 Å².